The van der Waals surface area contributed by atoms with Gasteiger partial charge in [-0.3, -0.25) is 4.39 Å². The highest BCUT2D eigenvalue weighted by molar-refractivity contribution is 9.10. The highest BCUT2D eigenvalue weighted by Gasteiger charge is 2.05. The number of hydrogen-bond donors (Lipinski definition) is 0. The lowest BCUT2D eigenvalue weighted by Crippen LogP contribution is -1.95. The molecule has 1 aromatic rings. The first kappa shape index (κ1) is 9.72. The molecule has 66 valence electrons. The molecule has 12 heavy (non-hydrogen) atoms. The van der Waals surface area contributed by atoms with Crippen LogP contribution in [0.5, 0.6) is 0 Å². The summed E-state index contributed by atoms with van der Waals surface area (Å²) in [5.74, 6) is 0.00176. The van der Waals surface area contributed by atoms with E-state index in [1.54, 1.807) is 0 Å². The molecular formula is C10H12BrF. The zero-order valence-electron chi connectivity index (χ0n) is 7.27. The quantitative estimate of drug-likeness (QED) is 0.725. The monoisotopic (exact) mass is 230 g/mol. The highest BCUT2D eigenvalue weighted by atomic mass is 79.9. The zero-order chi connectivity index (χ0) is 9.14. The largest absolute Gasteiger partial charge is 0.250 e. The third kappa shape index (κ3) is 2.07. The summed E-state index contributed by atoms with van der Waals surface area (Å²) in [6.07, 6.45) is 0. The summed E-state index contributed by atoms with van der Waals surface area (Å²) in [4.78, 5) is 0. The maximum absolute atomic E-state index is 12.3. The maximum Gasteiger partial charge on any atom is 0.0960 e. The van der Waals surface area contributed by atoms with E-state index in [-0.39, 0.29) is 12.6 Å². The number of rotatable bonds is 2. The molecule has 0 nitrogen and oxygen atoms in total. The van der Waals surface area contributed by atoms with Crippen LogP contribution >= 0.6 is 15.9 Å². The van der Waals surface area contributed by atoms with Crippen LogP contribution < -0.4 is 0 Å². The molecular weight excluding hydrogens is 219 g/mol. The molecule has 0 aromatic heterocycles. The second kappa shape index (κ2) is 4.04. The van der Waals surface area contributed by atoms with Gasteiger partial charge in [-0.15, -0.1) is 0 Å². The third-order valence-corrected chi connectivity index (χ3v) is 2.85. The first-order valence-electron chi connectivity index (χ1n) is 3.97. The van der Waals surface area contributed by atoms with Gasteiger partial charge in [0.05, 0.1) is 6.67 Å². The van der Waals surface area contributed by atoms with Crippen molar-refractivity contribution in [3.8, 4) is 0 Å². The van der Waals surface area contributed by atoms with E-state index in [2.05, 4.69) is 15.9 Å². The topological polar surface area (TPSA) is 0 Å². The summed E-state index contributed by atoms with van der Waals surface area (Å²) in [7, 11) is 0. The Morgan fingerprint density at radius 3 is 2.67 bits per heavy atom. The Bertz CT molecular complexity index is 271. The molecule has 0 aliphatic rings. The Labute approximate surface area is 80.9 Å². The van der Waals surface area contributed by atoms with Crippen LogP contribution in [0.3, 0.4) is 0 Å². The van der Waals surface area contributed by atoms with E-state index >= 15 is 0 Å². The van der Waals surface area contributed by atoms with E-state index in [0.717, 1.165) is 10.0 Å². The predicted octanol–water partition coefficient (Wildman–Crippen LogP) is 3.83. The van der Waals surface area contributed by atoms with E-state index < -0.39 is 0 Å². The molecule has 1 unspecified atom stereocenters. The fraction of sp³-hybridized carbons (Fsp3) is 0.400. The smallest absolute Gasteiger partial charge is 0.0960 e. The van der Waals surface area contributed by atoms with Crippen molar-refractivity contribution in [1.82, 2.24) is 0 Å². The molecule has 1 rings (SSSR count). The van der Waals surface area contributed by atoms with Crippen LogP contribution in [-0.2, 0) is 0 Å². The lowest BCUT2D eigenvalue weighted by atomic mass is 10.0. The van der Waals surface area contributed by atoms with Gasteiger partial charge in [-0.2, -0.15) is 0 Å². The van der Waals surface area contributed by atoms with Crippen LogP contribution in [0.4, 0.5) is 4.39 Å². The molecule has 0 amide bonds. The van der Waals surface area contributed by atoms with Crippen molar-refractivity contribution < 1.29 is 4.39 Å². The molecule has 0 radical (unpaired) electrons. The average Bonchev–Trinajstić information content (AvgIpc) is 2.08. The fourth-order valence-corrected chi connectivity index (χ4v) is 1.40. The molecule has 0 aliphatic carbocycles. The normalized spacial score (nSPS) is 13.0. The molecule has 1 aromatic carbocycles. The summed E-state index contributed by atoms with van der Waals surface area (Å²) in [5, 5.41) is 0. The van der Waals surface area contributed by atoms with Crippen molar-refractivity contribution in [3.05, 3.63) is 33.8 Å². The summed E-state index contributed by atoms with van der Waals surface area (Å²) in [6.45, 7) is 3.61. The number of halogens is 2. The zero-order valence-corrected chi connectivity index (χ0v) is 8.86. The minimum Gasteiger partial charge on any atom is -0.250 e. The van der Waals surface area contributed by atoms with Crippen molar-refractivity contribution in [3.63, 3.8) is 0 Å². The van der Waals surface area contributed by atoms with Gasteiger partial charge in [0, 0.05) is 10.4 Å². The molecule has 2 heteroatoms. The molecule has 0 fully saturated rings. The van der Waals surface area contributed by atoms with Crippen LogP contribution in [0, 0.1) is 6.92 Å². The van der Waals surface area contributed by atoms with E-state index in [1.807, 2.05) is 32.0 Å². The van der Waals surface area contributed by atoms with E-state index in [0.29, 0.717) is 0 Å². The molecule has 0 N–H and O–H groups in total. The molecule has 0 bridgehead atoms. The van der Waals surface area contributed by atoms with E-state index in [9.17, 15) is 4.39 Å². The van der Waals surface area contributed by atoms with Gasteiger partial charge >= 0.3 is 0 Å². The molecule has 1 atom stereocenters. The average molecular weight is 231 g/mol. The SMILES string of the molecule is Cc1ccc(C(C)CF)cc1Br. The molecule has 0 saturated carbocycles. The summed E-state index contributed by atoms with van der Waals surface area (Å²) in [6, 6.07) is 5.97. The lowest BCUT2D eigenvalue weighted by molar-refractivity contribution is 0.447. The van der Waals surface area contributed by atoms with Gasteiger partial charge in [0.1, 0.15) is 0 Å². The third-order valence-electron chi connectivity index (χ3n) is 2.00. The minimum absolute atomic E-state index is 0.00176. The van der Waals surface area contributed by atoms with Gasteiger partial charge in [0.15, 0.2) is 0 Å². The molecule has 0 spiro atoms. The molecule has 0 aliphatic heterocycles. The first-order chi connectivity index (χ1) is 5.65. The van der Waals surface area contributed by atoms with Crippen molar-refractivity contribution in [2.24, 2.45) is 0 Å². The fourth-order valence-electron chi connectivity index (χ4n) is 1.00. The Kier molecular flexibility index (Phi) is 3.27. The molecule has 0 heterocycles. The summed E-state index contributed by atoms with van der Waals surface area (Å²) >= 11 is 3.42. The number of aryl methyl sites for hydroxylation is 1. The van der Waals surface area contributed by atoms with E-state index in [4.69, 9.17) is 0 Å². The van der Waals surface area contributed by atoms with Gasteiger partial charge < -0.3 is 0 Å². The lowest BCUT2D eigenvalue weighted by Gasteiger charge is -2.08. The second-order valence-electron chi connectivity index (χ2n) is 3.06. The van der Waals surface area contributed by atoms with Crippen LogP contribution in [0.25, 0.3) is 0 Å². The summed E-state index contributed by atoms with van der Waals surface area (Å²) in [5.41, 5.74) is 2.24. The predicted molar refractivity (Wildman–Crippen MR) is 53.3 cm³/mol. The van der Waals surface area contributed by atoms with Crippen LogP contribution in [0.2, 0.25) is 0 Å². The Morgan fingerprint density at radius 2 is 2.17 bits per heavy atom. The number of alkyl halides is 1. The number of hydrogen-bond acceptors (Lipinski definition) is 0. The minimum atomic E-state index is -0.296. The van der Waals surface area contributed by atoms with E-state index in [1.165, 1.54) is 5.56 Å². The van der Waals surface area contributed by atoms with Crippen molar-refractivity contribution in [2.75, 3.05) is 6.67 Å². The van der Waals surface area contributed by atoms with Crippen LogP contribution in [-0.4, -0.2) is 6.67 Å². The van der Waals surface area contributed by atoms with Gasteiger partial charge in [-0.25, -0.2) is 0 Å². The second-order valence-corrected chi connectivity index (χ2v) is 3.92. The Morgan fingerprint density at radius 1 is 1.50 bits per heavy atom. The molecule has 0 saturated heterocycles. The van der Waals surface area contributed by atoms with Gasteiger partial charge in [-0.1, -0.05) is 35.0 Å². The number of benzene rings is 1. The first-order valence-corrected chi connectivity index (χ1v) is 4.76. The van der Waals surface area contributed by atoms with Gasteiger partial charge in [-0.05, 0) is 24.1 Å². The van der Waals surface area contributed by atoms with Gasteiger partial charge in [0.2, 0.25) is 0 Å². The Hall–Kier alpha value is -0.370. The highest BCUT2D eigenvalue weighted by Crippen LogP contribution is 2.22. The van der Waals surface area contributed by atoms with Crippen LogP contribution in [0.15, 0.2) is 22.7 Å². The maximum atomic E-state index is 12.3. The standard InChI is InChI=1S/C10H12BrF/c1-7-3-4-9(5-10(7)11)8(2)6-12/h3-5,8H,6H2,1-2H3. The van der Waals surface area contributed by atoms with Gasteiger partial charge in [0.25, 0.3) is 0 Å². The van der Waals surface area contributed by atoms with Crippen LogP contribution in [0.1, 0.15) is 24.0 Å². The summed E-state index contributed by atoms with van der Waals surface area (Å²) < 4.78 is 13.3. The van der Waals surface area contributed by atoms with Crippen molar-refractivity contribution in [1.29, 1.82) is 0 Å². The van der Waals surface area contributed by atoms with Crippen molar-refractivity contribution >= 4 is 15.9 Å². The van der Waals surface area contributed by atoms with Crippen molar-refractivity contribution in [2.45, 2.75) is 19.8 Å². The Balaban J connectivity index is 2.96.